The largest absolute Gasteiger partial charge is 0.461 e. The van der Waals surface area contributed by atoms with Gasteiger partial charge in [0.05, 0.1) is 11.9 Å². The molecule has 0 unspecified atom stereocenters. The molecular weight excluding hydrogens is 296 g/mol. The predicted molar refractivity (Wildman–Crippen MR) is 81.1 cm³/mol. The van der Waals surface area contributed by atoms with Gasteiger partial charge in [-0.3, -0.25) is 0 Å². The molecule has 0 fully saturated rings. The number of ether oxygens (including phenoxy) is 1. The van der Waals surface area contributed by atoms with E-state index < -0.39 is 10.0 Å². The van der Waals surface area contributed by atoms with Crippen molar-refractivity contribution in [1.29, 1.82) is 0 Å². The van der Waals surface area contributed by atoms with Gasteiger partial charge in [-0.1, -0.05) is 6.92 Å². The van der Waals surface area contributed by atoms with Crippen LogP contribution in [0, 0.1) is 0 Å². The van der Waals surface area contributed by atoms with E-state index in [1.54, 1.807) is 14.0 Å². The fourth-order valence-corrected chi connectivity index (χ4v) is 2.36. The lowest BCUT2D eigenvalue weighted by Crippen LogP contribution is -2.29. The molecule has 9 nitrogen and oxygen atoms in total. The van der Waals surface area contributed by atoms with E-state index in [1.165, 1.54) is 0 Å². The summed E-state index contributed by atoms with van der Waals surface area (Å²) >= 11 is 0. The molecule has 0 spiro atoms. The highest BCUT2D eigenvalue weighted by Crippen LogP contribution is 2.11. The van der Waals surface area contributed by atoms with E-state index in [0.717, 1.165) is 0 Å². The van der Waals surface area contributed by atoms with Crippen LogP contribution in [0.1, 0.15) is 20.8 Å². The first-order chi connectivity index (χ1) is 9.86. The number of nitrogens with one attached hydrogen (secondary N) is 3. The average Bonchev–Trinajstić information content (AvgIpc) is 2.37. The molecule has 0 radical (unpaired) electrons. The first kappa shape index (κ1) is 17.4. The average molecular weight is 318 g/mol. The van der Waals surface area contributed by atoms with Gasteiger partial charge < -0.3 is 15.4 Å². The normalized spacial score (nSPS) is 11.5. The second-order valence-corrected chi connectivity index (χ2v) is 6.35. The summed E-state index contributed by atoms with van der Waals surface area (Å²) in [4.78, 5) is 12.2. The van der Waals surface area contributed by atoms with Gasteiger partial charge in [0.25, 0.3) is 0 Å². The van der Waals surface area contributed by atoms with Crippen molar-refractivity contribution in [2.75, 3.05) is 36.5 Å². The Kier molecular flexibility index (Phi) is 6.56. The molecule has 0 atom stereocenters. The van der Waals surface area contributed by atoms with Gasteiger partial charge in [-0.15, -0.1) is 0 Å². The number of rotatable bonds is 9. The lowest BCUT2D eigenvalue weighted by molar-refractivity contribution is 0.222. The quantitative estimate of drug-likeness (QED) is 0.584. The van der Waals surface area contributed by atoms with Crippen LogP contribution in [-0.2, 0) is 10.0 Å². The van der Waals surface area contributed by atoms with Gasteiger partial charge in [0, 0.05) is 20.1 Å². The monoisotopic (exact) mass is 318 g/mol. The van der Waals surface area contributed by atoms with Gasteiger partial charge in [-0.25, -0.2) is 13.1 Å². The lowest BCUT2D eigenvalue weighted by Gasteiger charge is -2.11. The van der Waals surface area contributed by atoms with Crippen molar-refractivity contribution in [2.45, 2.75) is 26.9 Å². The number of hydrogen-bond donors (Lipinski definition) is 3. The molecule has 21 heavy (non-hydrogen) atoms. The minimum absolute atomic E-state index is 0.0677. The first-order valence-electron chi connectivity index (χ1n) is 6.68. The third-order valence-electron chi connectivity index (χ3n) is 2.20. The van der Waals surface area contributed by atoms with Gasteiger partial charge >= 0.3 is 6.01 Å². The Balaban J connectivity index is 2.69. The van der Waals surface area contributed by atoms with E-state index in [9.17, 15) is 8.42 Å². The molecule has 0 bridgehead atoms. The number of sulfonamides is 1. The van der Waals surface area contributed by atoms with Crippen LogP contribution in [0.4, 0.5) is 11.9 Å². The van der Waals surface area contributed by atoms with Crippen LogP contribution in [0.5, 0.6) is 6.01 Å². The van der Waals surface area contributed by atoms with Gasteiger partial charge in [-0.05, 0) is 13.8 Å². The van der Waals surface area contributed by atoms with Crippen LogP contribution in [0.2, 0.25) is 0 Å². The molecule has 0 saturated heterocycles. The maximum Gasteiger partial charge on any atom is 0.323 e. The second kappa shape index (κ2) is 7.93. The SMILES string of the molecule is CCNS(=O)(=O)CCNc1nc(NC)nc(OC(C)C)n1. The van der Waals surface area contributed by atoms with E-state index in [-0.39, 0.29) is 30.4 Å². The van der Waals surface area contributed by atoms with E-state index in [0.29, 0.717) is 12.5 Å². The van der Waals surface area contributed by atoms with E-state index in [2.05, 4.69) is 30.3 Å². The minimum atomic E-state index is -3.28. The number of aromatic nitrogens is 3. The second-order valence-electron chi connectivity index (χ2n) is 4.43. The predicted octanol–water partition coefficient (Wildman–Crippen LogP) is 0.0517. The molecule has 1 aromatic rings. The van der Waals surface area contributed by atoms with Crippen molar-refractivity contribution < 1.29 is 13.2 Å². The van der Waals surface area contributed by atoms with Crippen molar-refractivity contribution in [3.63, 3.8) is 0 Å². The van der Waals surface area contributed by atoms with Crippen molar-refractivity contribution >= 4 is 21.9 Å². The summed E-state index contributed by atoms with van der Waals surface area (Å²) in [5.74, 6) is 0.538. The van der Waals surface area contributed by atoms with E-state index >= 15 is 0 Å². The first-order valence-corrected chi connectivity index (χ1v) is 8.33. The van der Waals surface area contributed by atoms with Crippen molar-refractivity contribution in [1.82, 2.24) is 19.7 Å². The molecule has 3 N–H and O–H groups in total. The third-order valence-corrected chi connectivity index (χ3v) is 3.67. The molecule has 0 aliphatic carbocycles. The Bertz CT molecular complexity index is 549. The zero-order valence-electron chi connectivity index (χ0n) is 12.7. The van der Waals surface area contributed by atoms with Crippen LogP contribution in [-0.4, -0.2) is 55.4 Å². The molecule has 0 aliphatic rings. The number of nitrogens with zero attached hydrogens (tertiary/aromatic N) is 3. The molecule has 1 rings (SSSR count). The zero-order chi connectivity index (χ0) is 15.9. The Hall–Kier alpha value is -1.68. The molecule has 0 aliphatic heterocycles. The summed E-state index contributed by atoms with van der Waals surface area (Å²) in [6.45, 7) is 6.00. The van der Waals surface area contributed by atoms with E-state index in [4.69, 9.17) is 4.74 Å². The van der Waals surface area contributed by atoms with Crippen molar-refractivity contribution in [3.8, 4) is 6.01 Å². The topological polar surface area (TPSA) is 118 Å². The highest BCUT2D eigenvalue weighted by molar-refractivity contribution is 7.89. The molecule has 0 aromatic carbocycles. The third kappa shape index (κ3) is 6.54. The highest BCUT2D eigenvalue weighted by atomic mass is 32.2. The Morgan fingerprint density at radius 3 is 2.43 bits per heavy atom. The number of hydrogen-bond acceptors (Lipinski definition) is 8. The summed E-state index contributed by atoms with van der Waals surface area (Å²) in [5.41, 5.74) is 0. The van der Waals surface area contributed by atoms with E-state index in [1.807, 2.05) is 13.8 Å². The highest BCUT2D eigenvalue weighted by Gasteiger charge is 2.11. The summed E-state index contributed by atoms with van der Waals surface area (Å²) < 4.78 is 30.9. The summed E-state index contributed by atoms with van der Waals surface area (Å²) in [7, 11) is -1.60. The van der Waals surface area contributed by atoms with Crippen LogP contribution >= 0.6 is 0 Å². The van der Waals surface area contributed by atoms with Crippen LogP contribution < -0.4 is 20.1 Å². The maximum atomic E-state index is 11.5. The minimum Gasteiger partial charge on any atom is -0.461 e. The van der Waals surface area contributed by atoms with Gasteiger partial charge in [0.1, 0.15) is 0 Å². The molecule has 10 heteroatoms. The molecule has 1 heterocycles. The molecule has 0 amide bonds. The molecular formula is C11H22N6O3S. The molecule has 120 valence electrons. The Morgan fingerprint density at radius 1 is 1.19 bits per heavy atom. The maximum absolute atomic E-state index is 11.5. The van der Waals surface area contributed by atoms with Gasteiger partial charge in [-0.2, -0.15) is 15.0 Å². The molecule has 1 aromatic heterocycles. The van der Waals surface area contributed by atoms with Crippen LogP contribution in [0.3, 0.4) is 0 Å². The summed E-state index contributed by atoms with van der Waals surface area (Å²) in [6, 6.07) is 0.182. The standard InChI is InChI=1S/C11H22N6O3S/c1-5-14-21(18,19)7-6-13-10-15-9(12-4)16-11(17-10)20-8(2)3/h8,14H,5-7H2,1-4H3,(H2,12,13,15,16,17). The Morgan fingerprint density at radius 2 is 1.86 bits per heavy atom. The van der Waals surface area contributed by atoms with Crippen molar-refractivity contribution in [3.05, 3.63) is 0 Å². The molecule has 0 saturated carbocycles. The zero-order valence-corrected chi connectivity index (χ0v) is 13.5. The Labute approximate surface area is 125 Å². The number of anilines is 2. The van der Waals surface area contributed by atoms with Gasteiger partial charge in [0.15, 0.2) is 0 Å². The van der Waals surface area contributed by atoms with Crippen molar-refractivity contribution in [2.24, 2.45) is 0 Å². The fraction of sp³-hybridized carbons (Fsp3) is 0.727. The fourth-order valence-electron chi connectivity index (χ4n) is 1.40. The smallest absolute Gasteiger partial charge is 0.323 e. The summed E-state index contributed by atoms with van der Waals surface area (Å²) in [6.07, 6.45) is -0.0703. The van der Waals surface area contributed by atoms with Crippen LogP contribution in [0.15, 0.2) is 0 Å². The lowest BCUT2D eigenvalue weighted by atomic mass is 10.5. The summed E-state index contributed by atoms with van der Waals surface area (Å²) in [5, 5.41) is 5.64. The van der Waals surface area contributed by atoms with Gasteiger partial charge in [0.2, 0.25) is 21.9 Å². The van der Waals surface area contributed by atoms with Crippen LogP contribution in [0.25, 0.3) is 0 Å².